The van der Waals surface area contributed by atoms with Crippen molar-refractivity contribution in [1.29, 1.82) is 0 Å². The Morgan fingerprint density at radius 2 is 1.33 bits per heavy atom. The molecule has 3 aromatic rings. The lowest BCUT2D eigenvalue weighted by Gasteiger charge is -2.11. The number of nitrogens with one attached hydrogen (secondary N) is 2. The molecule has 0 heterocycles. The maximum atomic E-state index is 12.6. The monoisotopic (exact) mass is 512 g/mol. The van der Waals surface area contributed by atoms with Crippen molar-refractivity contribution in [2.45, 2.75) is 11.8 Å². The van der Waals surface area contributed by atoms with Gasteiger partial charge < -0.3 is 19.5 Å². The number of sulfonamides is 1. The van der Waals surface area contributed by atoms with Crippen LogP contribution in [0.3, 0.4) is 0 Å². The van der Waals surface area contributed by atoms with Crippen LogP contribution < -0.4 is 14.8 Å². The predicted octanol–water partition coefficient (Wildman–Crippen LogP) is 3.39. The van der Waals surface area contributed by atoms with E-state index in [9.17, 15) is 22.8 Å². The van der Waals surface area contributed by atoms with E-state index in [1.54, 1.807) is 24.3 Å². The van der Waals surface area contributed by atoms with Crippen LogP contribution in [-0.4, -0.2) is 47.1 Å². The molecule has 188 valence electrons. The van der Waals surface area contributed by atoms with Crippen molar-refractivity contribution in [3.05, 3.63) is 83.4 Å². The molecule has 0 aliphatic rings. The van der Waals surface area contributed by atoms with Gasteiger partial charge >= 0.3 is 11.9 Å². The topological polar surface area (TPSA) is 137 Å². The standard InChI is InChI=1S/C25H24N2O8S/c1-16-4-6-19(7-5-16)27-36(31,32)22-10-8-21(9-11-22)35-15-23(28)26-20-13-17(24(29)33-2)12-18(14-20)25(30)34-3/h4-14,27H,15H2,1-3H3,(H,26,28). The molecule has 0 radical (unpaired) electrons. The molecule has 0 spiro atoms. The molecule has 0 fully saturated rings. The van der Waals surface area contributed by atoms with Crippen molar-refractivity contribution < 1.29 is 37.0 Å². The zero-order valence-electron chi connectivity index (χ0n) is 19.7. The van der Waals surface area contributed by atoms with Crippen LogP contribution in [0, 0.1) is 6.92 Å². The first kappa shape index (κ1) is 26.2. The molecule has 0 atom stereocenters. The number of hydrogen-bond donors (Lipinski definition) is 2. The minimum atomic E-state index is -3.80. The maximum Gasteiger partial charge on any atom is 0.337 e. The fourth-order valence-corrected chi connectivity index (χ4v) is 4.13. The quantitative estimate of drug-likeness (QED) is 0.416. The minimum Gasteiger partial charge on any atom is -0.484 e. The second-order valence-electron chi connectivity index (χ2n) is 7.56. The van der Waals surface area contributed by atoms with E-state index in [0.717, 1.165) is 5.56 Å². The lowest BCUT2D eigenvalue weighted by atomic mass is 10.1. The van der Waals surface area contributed by atoms with Gasteiger partial charge in [0, 0.05) is 11.4 Å². The van der Waals surface area contributed by atoms with Gasteiger partial charge in [0.2, 0.25) is 0 Å². The summed E-state index contributed by atoms with van der Waals surface area (Å²) in [5, 5.41) is 2.53. The number of ether oxygens (including phenoxy) is 3. The van der Waals surface area contributed by atoms with Crippen LogP contribution in [0.15, 0.2) is 71.6 Å². The van der Waals surface area contributed by atoms with Crippen LogP contribution in [0.1, 0.15) is 26.3 Å². The molecule has 36 heavy (non-hydrogen) atoms. The van der Waals surface area contributed by atoms with E-state index in [-0.39, 0.29) is 27.5 Å². The number of aryl methyl sites for hydroxylation is 1. The van der Waals surface area contributed by atoms with Crippen LogP contribution in [0.4, 0.5) is 11.4 Å². The van der Waals surface area contributed by atoms with Crippen LogP contribution in [-0.2, 0) is 24.3 Å². The number of benzene rings is 3. The lowest BCUT2D eigenvalue weighted by molar-refractivity contribution is -0.118. The number of anilines is 2. The van der Waals surface area contributed by atoms with Crippen LogP contribution >= 0.6 is 0 Å². The Bertz CT molecular complexity index is 1330. The van der Waals surface area contributed by atoms with Gasteiger partial charge in [0.25, 0.3) is 15.9 Å². The predicted molar refractivity (Wildman–Crippen MR) is 132 cm³/mol. The summed E-state index contributed by atoms with van der Waals surface area (Å²) >= 11 is 0. The molecule has 10 nitrogen and oxygen atoms in total. The average Bonchev–Trinajstić information content (AvgIpc) is 2.87. The second kappa shape index (κ2) is 11.4. The Labute approximate surface area is 208 Å². The smallest absolute Gasteiger partial charge is 0.337 e. The molecule has 0 aliphatic heterocycles. The molecule has 0 saturated carbocycles. The second-order valence-corrected chi connectivity index (χ2v) is 9.24. The summed E-state index contributed by atoms with van der Waals surface area (Å²) < 4.78 is 42.4. The molecule has 0 aliphatic carbocycles. The molecule has 0 aromatic heterocycles. The normalized spacial score (nSPS) is 10.8. The zero-order chi connectivity index (χ0) is 26.3. The molecule has 0 bridgehead atoms. The summed E-state index contributed by atoms with van der Waals surface area (Å²) in [6.07, 6.45) is 0. The van der Waals surface area contributed by atoms with Crippen LogP contribution in [0.25, 0.3) is 0 Å². The van der Waals surface area contributed by atoms with Gasteiger partial charge in [-0.1, -0.05) is 17.7 Å². The SMILES string of the molecule is COC(=O)c1cc(NC(=O)COc2ccc(S(=O)(=O)Nc3ccc(C)cc3)cc2)cc(C(=O)OC)c1. The van der Waals surface area contributed by atoms with Gasteiger partial charge in [-0.25, -0.2) is 18.0 Å². The molecule has 11 heteroatoms. The van der Waals surface area contributed by atoms with Crippen LogP contribution in [0.2, 0.25) is 0 Å². The molecule has 3 rings (SSSR count). The molecule has 1 amide bonds. The first-order chi connectivity index (χ1) is 17.1. The fraction of sp³-hybridized carbons (Fsp3) is 0.160. The summed E-state index contributed by atoms with van der Waals surface area (Å²) in [7, 11) is -1.42. The van der Waals surface area contributed by atoms with Gasteiger partial charge in [-0.3, -0.25) is 9.52 Å². The molecule has 0 saturated heterocycles. The van der Waals surface area contributed by atoms with Gasteiger partial charge in [0.05, 0.1) is 30.2 Å². The van der Waals surface area contributed by atoms with Crippen LogP contribution in [0.5, 0.6) is 5.75 Å². The Kier molecular flexibility index (Phi) is 8.28. The minimum absolute atomic E-state index is 0.0230. The zero-order valence-corrected chi connectivity index (χ0v) is 20.5. The van der Waals surface area contributed by atoms with E-state index >= 15 is 0 Å². The highest BCUT2D eigenvalue weighted by atomic mass is 32.2. The van der Waals surface area contributed by atoms with Crippen molar-refractivity contribution >= 4 is 39.2 Å². The van der Waals surface area contributed by atoms with Gasteiger partial charge in [0.15, 0.2) is 6.61 Å². The Balaban J connectivity index is 1.63. The highest BCUT2D eigenvalue weighted by molar-refractivity contribution is 7.92. The summed E-state index contributed by atoms with van der Waals surface area (Å²) in [5.41, 5.74) is 1.70. The first-order valence-electron chi connectivity index (χ1n) is 10.5. The number of methoxy groups -OCH3 is 2. The van der Waals surface area contributed by atoms with Gasteiger partial charge in [-0.05, 0) is 61.5 Å². The number of hydrogen-bond acceptors (Lipinski definition) is 8. The third-order valence-electron chi connectivity index (χ3n) is 4.87. The molecular weight excluding hydrogens is 488 g/mol. The third kappa shape index (κ3) is 6.83. The van der Waals surface area contributed by atoms with E-state index in [4.69, 9.17) is 4.74 Å². The lowest BCUT2D eigenvalue weighted by Crippen LogP contribution is -2.21. The summed E-state index contributed by atoms with van der Waals surface area (Å²) in [4.78, 5) is 36.1. The maximum absolute atomic E-state index is 12.6. The van der Waals surface area contributed by atoms with Crippen molar-refractivity contribution in [2.75, 3.05) is 30.9 Å². The Morgan fingerprint density at radius 3 is 1.86 bits per heavy atom. The van der Waals surface area contributed by atoms with Crippen molar-refractivity contribution in [3.8, 4) is 5.75 Å². The van der Waals surface area contributed by atoms with Gasteiger partial charge in [-0.15, -0.1) is 0 Å². The Morgan fingerprint density at radius 1 is 0.778 bits per heavy atom. The van der Waals surface area contributed by atoms with E-state index in [1.807, 2.05) is 6.92 Å². The van der Waals surface area contributed by atoms with Crippen molar-refractivity contribution in [3.63, 3.8) is 0 Å². The number of amides is 1. The average molecular weight is 513 g/mol. The number of esters is 2. The summed E-state index contributed by atoms with van der Waals surface area (Å²) in [6.45, 7) is 1.49. The largest absolute Gasteiger partial charge is 0.484 e. The fourth-order valence-electron chi connectivity index (χ4n) is 3.07. The highest BCUT2D eigenvalue weighted by Gasteiger charge is 2.16. The van der Waals surface area contributed by atoms with Gasteiger partial charge in [0.1, 0.15) is 5.75 Å². The molecule has 3 aromatic carbocycles. The third-order valence-corrected chi connectivity index (χ3v) is 6.26. The van der Waals surface area contributed by atoms with Gasteiger partial charge in [-0.2, -0.15) is 0 Å². The van der Waals surface area contributed by atoms with E-state index in [2.05, 4.69) is 19.5 Å². The highest BCUT2D eigenvalue weighted by Crippen LogP contribution is 2.20. The number of rotatable bonds is 9. The number of carbonyl (C=O) groups is 3. The summed E-state index contributed by atoms with van der Waals surface area (Å²) in [6, 6.07) is 16.4. The van der Waals surface area contributed by atoms with Crippen molar-refractivity contribution in [1.82, 2.24) is 0 Å². The molecule has 2 N–H and O–H groups in total. The van der Waals surface area contributed by atoms with E-state index in [0.29, 0.717) is 5.69 Å². The summed E-state index contributed by atoms with van der Waals surface area (Å²) in [5.74, 6) is -1.71. The Hall–Kier alpha value is -4.38. The molecule has 0 unspecified atom stereocenters. The molecular formula is C25H24N2O8S. The van der Waals surface area contributed by atoms with Crippen molar-refractivity contribution in [2.24, 2.45) is 0 Å². The van der Waals surface area contributed by atoms with E-state index < -0.39 is 34.5 Å². The van der Waals surface area contributed by atoms with E-state index in [1.165, 1.54) is 56.7 Å². The number of carbonyl (C=O) groups excluding carboxylic acids is 3. The first-order valence-corrected chi connectivity index (χ1v) is 12.0.